The van der Waals surface area contributed by atoms with Gasteiger partial charge in [-0.05, 0) is 47.5 Å². The van der Waals surface area contributed by atoms with Gasteiger partial charge >= 0.3 is 0 Å². The molecule has 2 aromatic heterocycles. The van der Waals surface area contributed by atoms with Crippen molar-refractivity contribution in [3.8, 4) is 22.4 Å². The summed E-state index contributed by atoms with van der Waals surface area (Å²) in [7, 11) is 1.61. The van der Waals surface area contributed by atoms with E-state index in [1.165, 1.54) is 12.1 Å². The summed E-state index contributed by atoms with van der Waals surface area (Å²) >= 11 is 0. The normalized spacial score (nSPS) is 10.8. The number of carbonyl (C=O) groups is 1. The third-order valence-electron chi connectivity index (χ3n) is 4.34. The molecule has 4 nitrogen and oxygen atoms in total. The van der Waals surface area contributed by atoms with Crippen LogP contribution in [0.25, 0.3) is 28.0 Å². The van der Waals surface area contributed by atoms with Crippen LogP contribution in [-0.4, -0.2) is 22.3 Å². The van der Waals surface area contributed by atoms with Crippen LogP contribution in [0.5, 0.6) is 0 Å². The van der Waals surface area contributed by atoms with Crippen molar-refractivity contribution >= 4 is 11.6 Å². The number of pyridine rings is 1. The van der Waals surface area contributed by atoms with Gasteiger partial charge in [0.2, 0.25) is 0 Å². The van der Waals surface area contributed by atoms with Crippen molar-refractivity contribution in [3.63, 3.8) is 0 Å². The number of nitrogens with one attached hydrogen (secondary N) is 1. The second-order valence-electron chi connectivity index (χ2n) is 5.95. The van der Waals surface area contributed by atoms with Crippen LogP contribution in [0.1, 0.15) is 10.4 Å². The summed E-state index contributed by atoms with van der Waals surface area (Å²) in [6.45, 7) is 0. The number of hydrogen-bond donors (Lipinski definition) is 1. The van der Waals surface area contributed by atoms with Gasteiger partial charge in [-0.1, -0.05) is 24.3 Å². The third kappa shape index (κ3) is 2.84. The standard InChI is InChI=1S/C21H16FN3O/c1-23-21(26)17-4-2-3-16(11-17)19-13-24-20-12-15(9-10-25(19)20)14-5-7-18(22)8-6-14/h2-13H,1H3,(H,23,26). The molecule has 0 atom stereocenters. The summed E-state index contributed by atoms with van der Waals surface area (Å²) in [5.74, 6) is -0.381. The van der Waals surface area contributed by atoms with Gasteiger partial charge in [0.1, 0.15) is 11.5 Å². The number of rotatable bonds is 3. The number of carbonyl (C=O) groups excluding carboxylic acids is 1. The molecule has 5 heteroatoms. The van der Waals surface area contributed by atoms with Gasteiger partial charge in [0, 0.05) is 24.4 Å². The Morgan fingerprint density at radius 3 is 2.58 bits per heavy atom. The minimum Gasteiger partial charge on any atom is -0.355 e. The monoisotopic (exact) mass is 345 g/mol. The summed E-state index contributed by atoms with van der Waals surface area (Å²) in [5, 5.41) is 2.63. The Morgan fingerprint density at radius 1 is 1.00 bits per heavy atom. The Kier molecular flexibility index (Phi) is 3.97. The largest absolute Gasteiger partial charge is 0.355 e. The molecule has 1 N–H and O–H groups in total. The van der Waals surface area contributed by atoms with Crippen molar-refractivity contribution in [1.82, 2.24) is 14.7 Å². The van der Waals surface area contributed by atoms with Crippen LogP contribution in [-0.2, 0) is 0 Å². The second-order valence-corrected chi connectivity index (χ2v) is 5.95. The topological polar surface area (TPSA) is 46.4 Å². The highest BCUT2D eigenvalue weighted by molar-refractivity contribution is 5.95. The molecule has 0 aliphatic rings. The number of amides is 1. The SMILES string of the molecule is CNC(=O)c1cccc(-c2cnc3cc(-c4ccc(F)cc4)ccn23)c1. The maximum atomic E-state index is 13.1. The third-order valence-corrected chi connectivity index (χ3v) is 4.34. The van der Waals surface area contributed by atoms with Gasteiger partial charge in [0.15, 0.2) is 0 Å². The minimum absolute atomic E-state index is 0.126. The summed E-state index contributed by atoms with van der Waals surface area (Å²) < 4.78 is 15.1. The zero-order chi connectivity index (χ0) is 18.1. The van der Waals surface area contributed by atoms with Crippen LogP contribution in [0.3, 0.4) is 0 Å². The van der Waals surface area contributed by atoms with Crippen LogP contribution < -0.4 is 5.32 Å². The van der Waals surface area contributed by atoms with Gasteiger partial charge in [-0.3, -0.25) is 9.20 Å². The van der Waals surface area contributed by atoms with E-state index in [-0.39, 0.29) is 11.7 Å². The predicted octanol–water partition coefficient (Wildman–Crippen LogP) is 4.17. The zero-order valence-corrected chi connectivity index (χ0v) is 14.1. The number of aromatic nitrogens is 2. The van der Waals surface area contributed by atoms with Crippen molar-refractivity contribution in [1.29, 1.82) is 0 Å². The molecule has 2 aromatic carbocycles. The fourth-order valence-electron chi connectivity index (χ4n) is 2.98. The number of hydrogen-bond acceptors (Lipinski definition) is 2. The van der Waals surface area contributed by atoms with Gasteiger partial charge in [-0.25, -0.2) is 9.37 Å². The van der Waals surface area contributed by atoms with Crippen molar-refractivity contribution in [2.45, 2.75) is 0 Å². The van der Waals surface area contributed by atoms with Crippen molar-refractivity contribution in [3.05, 3.63) is 84.4 Å². The smallest absolute Gasteiger partial charge is 0.251 e. The van der Waals surface area contributed by atoms with E-state index in [0.717, 1.165) is 28.0 Å². The number of fused-ring (bicyclic) bond motifs is 1. The first-order valence-corrected chi connectivity index (χ1v) is 8.21. The Hall–Kier alpha value is -3.47. The quantitative estimate of drug-likeness (QED) is 0.606. The Labute approximate surface area is 149 Å². The molecule has 4 aromatic rings. The maximum absolute atomic E-state index is 13.1. The van der Waals surface area contributed by atoms with Gasteiger partial charge in [0.25, 0.3) is 5.91 Å². The molecular weight excluding hydrogens is 329 g/mol. The zero-order valence-electron chi connectivity index (χ0n) is 14.1. The highest BCUT2D eigenvalue weighted by Gasteiger charge is 2.10. The minimum atomic E-state index is -0.256. The van der Waals surface area contributed by atoms with Crippen LogP contribution in [0.4, 0.5) is 4.39 Å². The van der Waals surface area contributed by atoms with E-state index < -0.39 is 0 Å². The molecule has 0 fully saturated rings. The summed E-state index contributed by atoms with van der Waals surface area (Å²) in [6.07, 6.45) is 3.72. The highest BCUT2D eigenvalue weighted by Crippen LogP contribution is 2.26. The molecule has 128 valence electrons. The van der Waals surface area contributed by atoms with Gasteiger partial charge < -0.3 is 5.32 Å². The van der Waals surface area contributed by atoms with E-state index in [9.17, 15) is 9.18 Å². The van der Waals surface area contributed by atoms with Crippen LogP contribution >= 0.6 is 0 Å². The highest BCUT2D eigenvalue weighted by atomic mass is 19.1. The van der Waals surface area contributed by atoms with Crippen LogP contribution in [0.15, 0.2) is 73.1 Å². The lowest BCUT2D eigenvalue weighted by molar-refractivity contribution is 0.0963. The lowest BCUT2D eigenvalue weighted by Crippen LogP contribution is -2.17. The molecule has 4 rings (SSSR count). The van der Waals surface area contributed by atoms with Gasteiger partial charge in [-0.15, -0.1) is 0 Å². The van der Waals surface area contributed by atoms with Gasteiger partial charge in [0.05, 0.1) is 11.9 Å². The Morgan fingerprint density at radius 2 is 1.81 bits per heavy atom. The molecule has 0 bridgehead atoms. The lowest BCUT2D eigenvalue weighted by atomic mass is 10.1. The van der Waals surface area contributed by atoms with E-state index >= 15 is 0 Å². The van der Waals surface area contributed by atoms with Crippen LogP contribution in [0, 0.1) is 5.82 Å². The Bertz CT molecular complexity index is 1100. The molecule has 0 saturated heterocycles. The van der Waals surface area contributed by atoms with E-state index in [2.05, 4.69) is 10.3 Å². The van der Waals surface area contributed by atoms with E-state index in [1.807, 2.05) is 40.9 Å². The molecule has 0 spiro atoms. The summed E-state index contributed by atoms with van der Waals surface area (Å²) in [4.78, 5) is 16.3. The lowest BCUT2D eigenvalue weighted by Gasteiger charge is -2.06. The van der Waals surface area contributed by atoms with Crippen LogP contribution in [0.2, 0.25) is 0 Å². The first-order chi connectivity index (χ1) is 12.7. The fraction of sp³-hybridized carbons (Fsp3) is 0.0476. The number of nitrogens with zero attached hydrogens (tertiary/aromatic N) is 2. The Balaban J connectivity index is 1.76. The number of imidazole rings is 1. The average molecular weight is 345 g/mol. The molecule has 0 saturated carbocycles. The molecular formula is C21H16FN3O. The van der Waals surface area contributed by atoms with Gasteiger partial charge in [-0.2, -0.15) is 0 Å². The average Bonchev–Trinajstić information content (AvgIpc) is 3.11. The molecule has 0 aliphatic carbocycles. The molecule has 0 unspecified atom stereocenters. The van der Waals surface area contributed by atoms with E-state index in [0.29, 0.717) is 5.56 Å². The molecule has 2 heterocycles. The van der Waals surface area contributed by atoms with Crippen molar-refractivity contribution in [2.24, 2.45) is 0 Å². The molecule has 0 aliphatic heterocycles. The molecule has 0 radical (unpaired) electrons. The van der Waals surface area contributed by atoms with E-state index in [1.54, 1.807) is 31.4 Å². The predicted molar refractivity (Wildman–Crippen MR) is 99.4 cm³/mol. The molecule has 26 heavy (non-hydrogen) atoms. The summed E-state index contributed by atoms with van der Waals surface area (Å²) in [5.41, 5.74) is 5.09. The fourth-order valence-corrected chi connectivity index (χ4v) is 2.98. The number of benzene rings is 2. The van der Waals surface area contributed by atoms with Crippen molar-refractivity contribution < 1.29 is 9.18 Å². The van der Waals surface area contributed by atoms with Crippen molar-refractivity contribution in [2.75, 3.05) is 7.05 Å². The molecule has 1 amide bonds. The number of halogens is 1. The first kappa shape index (κ1) is 16.0. The maximum Gasteiger partial charge on any atom is 0.251 e. The first-order valence-electron chi connectivity index (χ1n) is 8.21. The van der Waals surface area contributed by atoms with E-state index in [4.69, 9.17) is 0 Å². The summed E-state index contributed by atoms with van der Waals surface area (Å²) in [6, 6.07) is 17.7. The second kappa shape index (κ2) is 6.44.